The summed E-state index contributed by atoms with van der Waals surface area (Å²) in [4.78, 5) is 29.4. The van der Waals surface area contributed by atoms with Crippen LogP contribution in [0.1, 0.15) is 37.0 Å². The van der Waals surface area contributed by atoms with Crippen molar-refractivity contribution in [3.63, 3.8) is 0 Å². The van der Waals surface area contributed by atoms with E-state index in [9.17, 15) is 9.59 Å². The van der Waals surface area contributed by atoms with Crippen LogP contribution in [0.5, 0.6) is 0 Å². The van der Waals surface area contributed by atoms with Gasteiger partial charge in [0.1, 0.15) is 0 Å². The van der Waals surface area contributed by atoms with E-state index in [2.05, 4.69) is 4.98 Å². The average molecular weight is 298 g/mol. The summed E-state index contributed by atoms with van der Waals surface area (Å²) in [7, 11) is 0. The zero-order valence-electron chi connectivity index (χ0n) is 11.4. The van der Waals surface area contributed by atoms with Gasteiger partial charge in [0.25, 0.3) is 0 Å². The third kappa shape index (κ3) is 3.57. The molecule has 1 aromatic rings. The normalized spacial score (nSPS) is 20.9. The lowest BCUT2D eigenvalue weighted by Gasteiger charge is -2.23. The largest absolute Gasteiger partial charge is 0.334 e. The van der Waals surface area contributed by atoms with Gasteiger partial charge in [-0.3, -0.25) is 9.59 Å². The van der Waals surface area contributed by atoms with Crippen LogP contribution in [0.2, 0.25) is 0 Å². The molecule has 0 bridgehead atoms. The molecule has 0 radical (unpaired) electrons. The first-order valence-electron chi connectivity index (χ1n) is 6.32. The lowest BCUT2D eigenvalue weighted by Crippen LogP contribution is -2.29. The molecule has 2 heterocycles. The van der Waals surface area contributed by atoms with Gasteiger partial charge in [0.05, 0.1) is 16.7 Å². The molecule has 0 aromatic carbocycles. The smallest absolute Gasteiger partial charge is 0.223 e. The number of carbonyl (C=O) groups excluding carboxylic acids is 2. The number of rotatable bonds is 4. The first-order valence-corrected chi connectivity index (χ1v) is 8.18. The lowest BCUT2D eigenvalue weighted by atomic mass is 10.1. The van der Waals surface area contributed by atoms with Crippen molar-refractivity contribution in [2.45, 2.75) is 33.2 Å². The van der Waals surface area contributed by atoms with E-state index in [4.69, 9.17) is 0 Å². The van der Waals surface area contributed by atoms with Crippen LogP contribution < -0.4 is 0 Å². The molecule has 104 valence electrons. The van der Waals surface area contributed by atoms with Gasteiger partial charge < -0.3 is 4.90 Å². The SMILES string of the molecule is CC(=O)SCC1CC(=O)N(C(C)c2csc(C)n2)C1. The molecule has 0 aliphatic carbocycles. The molecule has 1 fully saturated rings. The molecule has 19 heavy (non-hydrogen) atoms. The van der Waals surface area contributed by atoms with E-state index in [1.807, 2.05) is 24.1 Å². The van der Waals surface area contributed by atoms with Crippen LogP contribution in [0, 0.1) is 12.8 Å². The maximum Gasteiger partial charge on any atom is 0.223 e. The Morgan fingerprint density at radius 1 is 1.68 bits per heavy atom. The molecule has 0 saturated carbocycles. The zero-order chi connectivity index (χ0) is 14.0. The molecular weight excluding hydrogens is 280 g/mol. The van der Waals surface area contributed by atoms with Crippen LogP contribution in [0.3, 0.4) is 0 Å². The van der Waals surface area contributed by atoms with Gasteiger partial charge in [-0.2, -0.15) is 0 Å². The number of aryl methyl sites for hydroxylation is 1. The second kappa shape index (κ2) is 6.05. The molecule has 1 aromatic heterocycles. The number of hydrogen-bond acceptors (Lipinski definition) is 5. The summed E-state index contributed by atoms with van der Waals surface area (Å²) in [6, 6.07) is 0.0322. The van der Waals surface area contributed by atoms with Crippen LogP contribution in [0.4, 0.5) is 0 Å². The van der Waals surface area contributed by atoms with Crippen molar-refractivity contribution in [1.29, 1.82) is 0 Å². The van der Waals surface area contributed by atoms with Crippen molar-refractivity contribution in [2.75, 3.05) is 12.3 Å². The fourth-order valence-electron chi connectivity index (χ4n) is 2.26. The standard InChI is InChI=1S/C13H18N2O2S2/c1-8(12-7-18-9(2)14-12)15-5-11(4-13(15)17)6-19-10(3)16/h7-8,11H,4-6H2,1-3H3. The molecule has 0 N–H and O–H groups in total. The summed E-state index contributed by atoms with van der Waals surface area (Å²) in [6.07, 6.45) is 0.549. The van der Waals surface area contributed by atoms with Crippen LogP contribution in [0.25, 0.3) is 0 Å². The number of thioether (sulfide) groups is 1. The van der Waals surface area contributed by atoms with E-state index in [0.717, 1.165) is 23.0 Å². The molecule has 1 amide bonds. The monoisotopic (exact) mass is 298 g/mol. The van der Waals surface area contributed by atoms with Gasteiger partial charge in [-0.05, 0) is 19.8 Å². The number of thiazole rings is 1. The van der Waals surface area contributed by atoms with E-state index in [1.165, 1.54) is 11.8 Å². The first-order chi connectivity index (χ1) is 8.97. The highest BCUT2D eigenvalue weighted by atomic mass is 32.2. The lowest BCUT2D eigenvalue weighted by molar-refractivity contribution is -0.129. The van der Waals surface area contributed by atoms with E-state index in [0.29, 0.717) is 6.42 Å². The Morgan fingerprint density at radius 3 is 3.00 bits per heavy atom. The van der Waals surface area contributed by atoms with E-state index < -0.39 is 0 Å². The van der Waals surface area contributed by atoms with Crippen molar-refractivity contribution in [3.8, 4) is 0 Å². The van der Waals surface area contributed by atoms with Gasteiger partial charge in [0.15, 0.2) is 5.12 Å². The summed E-state index contributed by atoms with van der Waals surface area (Å²) >= 11 is 2.92. The van der Waals surface area contributed by atoms with E-state index >= 15 is 0 Å². The number of aromatic nitrogens is 1. The van der Waals surface area contributed by atoms with Crippen molar-refractivity contribution in [1.82, 2.24) is 9.88 Å². The Kier molecular flexibility index (Phi) is 4.62. The maximum atomic E-state index is 12.1. The molecule has 2 rings (SSSR count). The van der Waals surface area contributed by atoms with Gasteiger partial charge in [-0.1, -0.05) is 11.8 Å². The Hall–Kier alpha value is -0.880. The minimum Gasteiger partial charge on any atom is -0.334 e. The highest BCUT2D eigenvalue weighted by Crippen LogP contribution is 2.30. The minimum absolute atomic E-state index is 0.0322. The summed E-state index contributed by atoms with van der Waals surface area (Å²) in [6.45, 7) is 6.29. The Bertz CT molecular complexity index is 487. The fourth-order valence-corrected chi connectivity index (χ4v) is 3.65. The van der Waals surface area contributed by atoms with Crippen molar-refractivity contribution < 1.29 is 9.59 Å². The molecule has 1 saturated heterocycles. The Labute approximate surface area is 121 Å². The van der Waals surface area contributed by atoms with Crippen molar-refractivity contribution in [3.05, 3.63) is 16.1 Å². The van der Waals surface area contributed by atoms with Gasteiger partial charge in [-0.25, -0.2) is 4.98 Å². The quantitative estimate of drug-likeness (QED) is 0.857. The van der Waals surface area contributed by atoms with Crippen LogP contribution in [-0.4, -0.2) is 33.2 Å². The molecule has 0 spiro atoms. The van der Waals surface area contributed by atoms with Crippen molar-refractivity contribution in [2.24, 2.45) is 5.92 Å². The minimum atomic E-state index is 0.0322. The van der Waals surface area contributed by atoms with Crippen LogP contribution >= 0.6 is 23.1 Å². The van der Waals surface area contributed by atoms with Gasteiger partial charge >= 0.3 is 0 Å². The number of carbonyl (C=O) groups is 2. The number of hydrogen-bond donors (Lipinski definition) is 0. The molecular formula is C13H18N2O2S2. The first kappa shape index (κ1) is 14.5. The number of amides is 1. The predicted molar refractivity (Wildman–Crippen MR) is 78.2 cm³/mol. The second-order valence-corrected chi connectivity index (χ2v) is 7.15. The average Bonchev–Trinajstić information content (AvgIpc) is 2.92. The highest BCUT2D eigenvalue weighted by molar-refractivity contribution is 8.13. The van der Waals surface area contributed by atoms with Crippen LogP contribution in [-0.2, 0) is 9.59 Å². The molecule has 2 atom stereocenters. The Balaban J connectivity index is 1.97. The fraction of sp³-hybridized carbons (Fsp3) is 0.615. The molecule has 1 aliphatic rings. The molecule has 4 nitrogen and oxygen atoms in total. The third-order valence-electron chi connectivity index (χ3n) is 3.29. The molecule has 2 unspecified atom stereocenters. The molecule has 1 aliphatic heterocycles. The Morgan fingerprint density at radius 2 is 2.42 bits per heavy atom. The topological polar surface area (TPSA) is 50.3 Å². The van der Waals surface area contributed by atoms with Gasteiger partial charge in [0.2, 0.25) is 5.91 Å². The summed E-state index contributed by atoms with van der Waals surface area (Å²) in [5, 5.41) is 3.16. The number of likely N-dealkylation sites (tertiary alicyclic amines) is 1. The van der Waals surface area contributed by atoms with E-state index in [-0.39, 0.29) is 23.0 Å². The van der Waals surface area contributed by atoms with Gasteiger partial charge in [-0.15, -0.1) is 11.3 Å². The number of nitrogens with zero attached hydrogens (tertiary/aromatic N) is 2. The van der Waals surface area contributed by atoms with Crippen LogP contribution in [0.15, 0.2) is 5.38 Å². The summed E-state index contributed by atoms with van der Waals surface area (Å²) in [5.41, 5.74) is 0.968. The van der Waals surface area contributed by atoms with Crippen molar-refractivity contribution >= 4 is 34.1 Å². The van der Waals surface area contributed by atoms with Gasteiger partial charge in [0, 0.05) is 31.0 Å². The predicted octanol–water partition coefficient (Wildman–Crippen LogP) is 2.64. The summed E-state index contributed by atoms with van der Waals surface area (Å²) < 4.78 is 0. The zero-order valence-corrected chi connectivity index (χ0v) is 13.0. The third-order valence-corrected chi connectivity index (χ3v) is 5.13. The second-order valence-electron chi connectivity index (χ2n) is 4.89. The maximum absolute atomic E-state index is 12.1. The summed E-state index contributed by atoms with van der Waals surface area (Å²) in [5.74, 6) is 1.19. The van der Waals surface area contributed by atoms with E-state index in [1.54, 1.807) is 18.3 Å². The molecule has 6 heteroatoms. The highest BCUT2D eigenvalue weighted by Gasteiger charge is 2.33.